The van der Waals surface area contributed by atoms with Crippen LogP contribution in [-0.4, -0.2) is 25.1 Å². The Kier molecular flexibility index (Phi) is 5.93. The minimum absolute atomic E-state index is 0.310. The molecule has 0 unspecified atom stereocenters. The van der Waals surface area contributed by atoms with Crippen LogP contribution in [0.25, 0.3) is 0 Å². The molecule has 1 amide bonds. The van der Waals surface area contributed by atoms with Crippen LogP contribution in [-0.2, 0) is 28.9 Å². The Bertz CT molecular complexity index is 758. The van der Waals surface area contributed by atoms with Gasteiger partial charge in [-0.3, -0.25) is 4.79 Å². The molecule has 2 aromatic rings. The summed E-state index contributed by atoms with van der Waals surface area (Å²) >= 11 is 1.49. The topological polar surface area (TPSA) is 64.6 Å². The van der Waals surface area contributed by atoms with E-state index >= 15 is 0 Å². The van der Waals surface area contributed by atoms with Crippen LogP contribution in [0.5, 0.6) is 5.75 Å². The standard InChI is InChI=1S/C20H23NO4S/c1-13(19(22)21-12-14-7-9-16(24-2)10-8-14)25-20(23)18-11-15-5-3-4-6-17(15)26-18/h7-11,13H,3-6,12H2,1-2H3,(H,21,22)/t13-/m0/s1. The van der Waals surface area contributed by atoms with Gasteiger partial charge in [-0.05, 0) is 61.9 Å². The van der Waals surface area contributed by atoms with Crippen LogP contribution in [0.2, 0.25) is 0 Å². The van der Waals surface area contributed by atoms with Gasteiger partial charge >= 0.3 is 5.97 Å². The summed E-state index contributed by atoms with van der Waals surface area (Å²) in [5.74, 6) is 0.0352. The van der Waals surface area contributed by atoms with E-state index in [9.17, 15) is 9.59 Å². The third-order valence-electron chi connectivity index (χ3n) is 4.48. The summed E-state index contributed by atoms with van der Waals surface area (Å²) < 4.78 is 10.4. The summed E-state index contributed by atoms with van der Waals surface area (Å²) in [6.45, 7) is 1.97. The Morgan fingerprint density at radius 2 is 1.92 bits per heavy atom. The van der Waals surface area contributed by atoms with Gasteiger partial charge in [0.1, 0.15) is 10.6 Å². The number of benzene rings is 1. The molecule has 1 aliphatic rings. The van der Waals surface area contributed by atoms with Crippen molar-refractivity contribution in [3.8, 4) is 5.75 Å². The van der Waals surface area contributed by atoms with E-state index in [1.165, 1.54) is 34.6 Å². The first kappa shape index (κ1) is 18.5. The lowest BCUT2D eigenvalue weighted by molar-refractivity contribution is -0.129. The lowest BCUT2D eigenvalue weighted by Crippen LogP contribution is -2.35. The number of fused-ring (bicyclic) bond motifs is 1. The van der Waals surface area contributed by atoms with E-state index in [2.05, 4.69) is 5.32 Å². The van der Waals surface area contributed by atoms with E-state index in [4.69, 9.17) is 9.47 Å². The third-order valence-corrected chi connectivity index (χ3v) is 5.69. The average Bonchev–Trinajstić information content (AvgIpc) is 3.10. The van der Waals surface area contributed by atoms with E-state index in [1.54, 1.807) is 14.0 Å². The molecule has 5 nitrogen and oxygen atoms in total. The molecular formula is C20H23NO4S. The number of hydrogen-bond acceptors (Lipinski definition) is 5. The molecule has 138 valence electrons. The summed E-state index contributed by atoms with van der Waals surface area (Å²) in [4.78, 5) is 26.4. The highest BCUT2D eigenvalue weighted by atomic mass is 32.1. The Balaban J connectivity index is 1.51. The minimum atomic E-state index is -0.833. The molecule has 0 spiro atoms. The largest absolute Gasteiger partial charge is 0.497 e. The second-order valence-electron chi connectivity index (χ2n) is 6.38. The number of ether oxygens (including phenoxy) is 2. The predicted molar refractivity (Wildman–Crippen MR) is 101 cm³/mol. The highest BCUT2D eigenvalue weighted by Gasteiger charge is 2.22. The molecule has 1 N–H and O–H groups in total. The summed E-state index contributed by atoms with van der Waals surface area (Å²) in [7, 11) is 1.61. The molecule has 0 fully saturated rings. The van der Waals surface area contributed by atoms with Crippen LogP contribution < -0.4 is 10.1 Å². The Hall–Kier alpha value is -2.34. The Labute approximate surface area is 157 Å². The van der Waals surface area contributed by atoms with Crippen molar-refractivity contribution in [3.63, 3.8) is 0 Å². The first-order valence-corrected chi connectivity index (χ1v) is 9.61. The molecule has 6 heteroatoms. The quantitative estimate of drug-likeness (QED) is 0.787. The molecule has 1 atom stereocenters. The zero-order valence-corrected chi connectivity index (χ0v) is 15.9. The second-order valence-corrected chi connectivity index (χ2v) is 7.52. The van der Waals surface area contributed by atoms with Crippen LogP contribution in [0.4, 0.5) is 0 Å². The molecule has 1 aromatic heterocycles. The van der Waals surface area contributed by atoms with Gasteiger partial charge in [-0.25, -0.2) is 4.79 Å². The number of carbonyl (C=O) groups excluding carboxylic acids is 2. The number of esters is 1. The van der Waals surface area contributed by atoms with Crippen molar-refractivity contribution in [1.82, 2.24) is 5.32 Å². The molecule has 1 aliphatic carbocycles. The molecule has 0 radical (unpaired) electrons. The van der Waals surface area contributed by atoms with Gasteiger partial charge in [0.2, 0.25) is 0 Å². The number of rotatable bonds is 6. The highest BCUT2D eigenvalue weighted by Crippen LogP contribution is 2.30. The van der Waals surface area contributed by atoms with Crippen molar-refractivity contribution in [2.75, 3.05) is 7.11 Å². The van der Waals surface area contributed by atoms with Gasteiger partial charge in [0.05, 0.1) is 7.11 Å². The fraction of sp³-hybridized carbons (Fsp3) is 0.400. The maximum atomic E-state index is 12.3. The minimum Gasteiger partial charge on any atom is -0.497 e. The lowest BCUT2D eigenvalue weighted by atomic mass is 9.99. The Morgan fingerprint density at radius 3 is 2.62 bits per heavy atom. The number of aryl methyl sites for hydroxylation is 2. The maximum Gasteiger partial charge on any atom is 0.349 e. The van der Waals surface area contributed by atoms with E-state index in [1.807, 2.05) is 30.3 Å². The van der Waals surface area contributed by atoms with Crippen molar-refractivity contribution in [3.05, 3.63) is 51.2 Å². The van der Waals surface area contributed by atoms with E-state index in [0.717, 1.165) is 24.2 Å². The summed E-state index contributed by atoms with van der Waals surface area (Å²) in [6, 6.07) is 9.36. The Morgan fingerprint density at radius 1 is 1.19 bits per heavy atom. The molecule has 0 aliphatic heterocycles. The third kappa shape index (κ3) is 4.43. The molecule has 0 saturated heterocycles. The van der Waals surface area contributed by atoms with Gasteiger partial charge in [-0.2, -0.15) is 0 Å². The molecule has 0 saturated carbocycles. The van der Waals surface area contributed by atoms with Crippen molar-refractivity contribution in [2.45, 2.75) is 45.3 Å². The van der Waals surface area contributed by atoms with Crippen LogP contribution in [0.15, 0.2) is 30.3 Å². The predicted octanol–water partition coefficient (Wildman–Crippen LogP) is 3.50. The monoisotopic (exact) mass is 373 g/mol. The maximum absolute atomic E-state index is 12.3. The van der Waals surface area contributed by atoms with Gasteiger partial charge in [-0.1, -0.05) is 12.1 Å². The summed E-state index contributed by atoms with van der Waals surface area (Å²) in [5, 5.41) is 2.79. The first-order valence-electron chi connectivity index (χ1n) is 8.80. The molecule has 1 heterocycles. The van der Waals surface area contributed by atoms with Crippen LogP contribution >= 0.6 is 11.3 Å². The van der Waals surface area contributed by atoms with Crippen LogP contribution in [0.3, 0.4) is 0 Å². The number of hydrogen-bond donors (Lipinski definition) is 1. The molecular weight excluding hydrogens is 350 g/mol. The zero-order valence-electron chi connectivity index (χ0n) is 15.0. The fourth-order valence-electron chi connectivity index (χ4n) is 2.94. The zero-order chi connectivity index (χ0) is 18.5. The second kappa shape index (κ2) is 8.36. The first-order chi connectivity index (χ1) is 12.6. The number of amides is 1. The van der Waals surface area contributed by atoms with Gasteiger partial charge in [0.25, 0.3) is 5.91 Å². The summed E-state index contributed by atoms with van der Waals surface area (Å²) in [6.07, 6.45) is 3.57. The fourth-order valence-corrected chi connectivity index (χ4v) is 4.08. The average molecular weight is 373 g/mol. The summed E-state index contributed by atoms with van der Waals surface area (Å²) in [5.41, 5.74) is 2.20. The van der Waals surface area contributed by atoms with E-state index < -0.39 is 12.1 Å². The van der Waals surface area contributed by atoms with E-state index in [0.29, 0.717) is 11.4 Å². The van der Waals surface area contributed by atoms with Gasteiger partial charge in [-0.15, -0.1) is 11.3 Å². The van der Waals surface area contributed by atoms with Crippen molar-refractivity contribution < 1.29 is 19.1 Å². The normalized spacial score (nSPS) is 14.2. The lowest BCUT2D eigenvalue weighted by Gasteiger charge is -2.13. The number of methoxy groups -OCH3 is 1. The number of carbonyl (C=O) groups is 2. The number of thiophene rings is 1. The SMILES string of the molecule is COc1ccc(CNC(=O)[C@H](C)OC(=O)c2cc3c(s2)CCCC3)cc1. The van der Waals surface area contributed by atoms with Crippen LogP contribution in [0.1, 0.15) is 45.4 Å². The van der Waals surface area contributed by atoms with Gasteiger partial charge < -0.3 is 14.8 Å². The molecule has 3 rings (SSSR count). The van der Waals surface area contributed by atoms with Gasteiger partial charge in [0.15, 0.2) is 6.10 Å². The van der Waals surface area contributed by atoms with Crippen molar-refractivity contribution in [1.29, 1.82) is 0 Å². The van der Waals surface area contributed by atoms with Crippen LogP contribution in [0, 0.1) is 0 Å². The highest BCUT2D eigenvalue weighted by molar-refractivity contribution is 7.14. The molecule has 0 bridgehead atoms. The smallest absolute Gasteiger partial charge is 0.349 e. The molecule has 26 heavy (non-hydrogen) atoms. The molecule has 1 aromatic carbocycles. The van der Waals surface area contributed by atoms with E-state index in [-0.39, 0.29) is 5.91 Å². The van der Waals surface area contributed by atoms with Crippen molar-refractivity contribution in [2.24, 2.45) is 0 Å². The van der Waals surface area contributed by atoms with Gasteiger partial charge in [0, 0.05) is 11.4 Å². The number of nitrogens with one attached hydrogen (secondary N) is 1. The van der Waals surface area contributed by atoms with Crippen molar-refractivity contribution >= 4 is 23.2 Å².